The van der Waals surface area contributed by atoms with Gasteiger partial charge in [-0.05, 0) is 49.6 Å². The van der Waals surface area contributed by atoms with E-state index in [1.54, 1.807) is 19.3 Å². The predicted molar refractivity (Wildman–Crippen MR) is 156 cm³/mol. The molecule has 230 valence electrons. The largest absolute Gasteiger partial charge is 0.496 e. The van der Waals surface area contributed by atoms with Crippen LogP contribution in [0.2, 0.25) is 0 Å². The van der Waals surface area contributed by atoms with Crippen LogP contribution in [0.5, 0.6) is 17.2 Å². The van der Waals surface area contributed by atoms with Gasteiger partial charge in [-0.2, -0.15) is 0 Å². The molecule has 0 aromatic heterocycles. The van der Waals surface area contributed by atoms with E-state index in [2.05, 4.69) is 5.32 Å². The summed E-state index contributed by atoms with van der Waals surface area (Å²) in [6, 6.07) is 9.58. The van der Waals surface area contributed by atoms with Gasteiger partial charge in [-0.1, -0.05) is 18.2 Å². The molecule has 0 spiro atoms. The third-order valence-electron chi connectivity index (χ3n) is 7.83. The molecule has 2 amide bonds. The van der Waals surface area contributed by atoms with Crippen LogP contribution in [0, 0.1) is 0 Å². The fourth-order valence-corrected chi connectivity index (χ4v) is 5.78. The predicted octanol–water partition coefficient (Wildman–Crippen LogP) is 1.97. The second kappa shape index (κ2) is 14.3. The van der Waals surface area contributed by atoms with E-state index in [1.807, 2.05) is 24.3 Å². The zero-order chi connectivity index (χ0) is 31.1. The lowest BCUT2D eigenvalue weighted by atomic mass is 9.77. The number of para-hydroxylation sites is 1. The van der Waals surface area contributed by atoms with Crippen molar-refractivity contribution >= 4 is 23.9 Å². The summed E-state index contributed by atoms with van der Waals surface area (Å²) >= 11 is 0. The maximum atomic E-state index is 13.7. The SMILES string of the molecule is COc1ccccc1CCN(C(=O)CCCC(C)=O)C1C=C(C(=O)NCCO)C2c3cc(C=O)cc(OC)c3OC2C1O. The van der Waals surface area contributed by atoms with E-state index in [4.69, 9.17) is 14.2 Å². The number of carbonyl (C=O) groups excluding carboxylic acids is 4. The lowest BCUT2D eigenvalue weighted by Gasteiger charge is -2.41. The standard InChI is InChI=1S/C32H38N2O9/c1-19(37)7-6-10-27(38)34(13-11-21-8-4-5-9-25(21)41-2)24-17-23(32(40)33-12-14-35)28-22-15-20(18-36)16-26(42-3)30(22)43-31(28)29(24)39/h4-5,8-9,15-18,24,28-29,31,35,39H,6-7,10-14H2,1-3H3,(H,33,40). The lowest BCUT2D eigenvalue weighted by molar-refractivity contribution is -0.137. The van der Waals surface area contributed by atoms with E-state index in [1.165, 1.54) is 25.0 Å². The Bertz CT molecular complexity index is 1390. The van der Waals surface area contributed by atoms with Gasteiger partial charge in [0.25, 0.3) is 0 Å². The highest BCUT2D eigenvalue weighted by atomic mass is 16.5. The van der Waals surface area contributed by atoms with Crippen LogP contribution in [0.3, 0.4) is 0 Å². The quantitative estimate of drug-likeness (QED) is 0.279. The van der Waals surface area contributed by atoms with E-state index < -0.39 is 30.1 Å². The molecule has 0 bridgehead atoms. The molecule has 4 rings (SSSR count). The van der Waals surface area contributed by atoms with E-state index in [0.29, 0.717) is 41.8 Å². The van der Waals surface area contributed by atoms with Crippen LogP contribution in [0.1, 0.15) is 53.6 Å². The molecule has 0 fully saturated rings. The summed E-state index contributed by atoms with van der Waals surface area (Å²) in [7, 11) is 2.99. The van der Waals surface area contributed by atoms with Gasteiger partial charge >= 0.3 is 0 Å². The number of aldehydes is 1. The van der Waals surface area contributed by atoms with E-state index in [0.717, 1.165) is 5.56 Å². The minimum atomic E-state index is -1.26. The molecule has 4 atom stereocenters. The number of hydrogen-bond acceptors (Lipinski definition) is 9. The second-order valence-corrected chi connectivity index (χ2v) is 10.6. The molecule has 2 aliphatic rings. The summed E-state index contributed by atoms with van der Waals surface area (Å²) in [4.78, 5) is 52.0. The molecule has 3 N–H and O–H groups in total. The highest BCUT2D eigenvalue weighted by molar-refractivity contribution is 5.96. The molecular weight excluding hydrogens is 556 g/mol. The number of benzene rings is 2. The van der Waals surface area contributed by atoms with Crippen LogP contribution >= 0.6 is 0 Å². The second-order valence-electron chi connectivity index (χ2n) is 10.6. The summed E-state index contributed by atoms with van der Waals surface area (Å²) in [5.41, 5.74) is 1.90. The number of hydrogen-bond donors (Lipinski definition) is 3. The molecule has 1 aliphatic carbocycles. The Hall–Kier alpha value is -4.22. The molecule has 1 heterocycles. The van der Waals surface area contributed by atoms with Gasteiger partial charge in [0.2, 0.25) is 11.8 Å². The van der Waals surface area contributed by atoms with Gasteiger partial charge in [0, 0.05) is 42.6 Å². The Morgan fingerprint density at radius 1 is 1.09 bits per heavy atom. The molecule has 4 unspecified atom stereocenters. The monoisotopic (exact) mass is 594 g/mol. The summed E-state index contributed by atoms with van der Waals surface area (Å²) in [6.45, 7) is 1.36. The average molecular weight is 595 g/mol. The summed E-state index contributed by atoms with van der Waals surface area (Å²) in [6.07, 6.45) is 1.05. The van der Waals surface area contributed by atoms with Crippen molar-refractivity contribution in [1.82, 2.24) is 10.2 Å². The number of aliphatic hydroxyl groups is 2. The molecule has 0 saturated carbocycles. The minimum Gasteiger partial charge on any atom is -0.496 e. The number of amides is 2. The number of nitrogens with zero attached hydrogens (tertiary/aromatic N) is 1. The molecule has 2 aromatic carbocycles. The van der Waals surface area contributed by atoms with Crippen LogP contribution in [0.4, 0.5) is 0 Å². The molecule has 11 heteroatoms. The number of nitrogens with one attached hydrogen (secondary N) is 1. The number of aliphatic hydroxyl groups excluding tert-OH is 2. The Labute approximate surface area is 250 Å². The fraction of sp³-hybridized carbons (Fsp3) is 0.438. The molecule has 2 aromatic rings. The van der Waals surface area contributed by atoms with Crippen molar-refractivity contribution in [2.24, 2.45) is 0 Å². The fourth-order valence-electron chi connectivity index (χ4n) is 5.78. The van der Waals surface area contributed by atoms with Gasteiger partial charge in [-0.3, -0.25) is 14.4 Å². The van der Waals surface area contributed by atoms with E-state index in [-0.39, 0.29) is 55.6 Å². The normalized spacial score (nSPS) is 20.2. The molecule has 1 aliphatic heterocycles. The van der Waals surface area contributed by atoms with Gasteiger partial charge in [0.05, 0.1) is 32.8 Å². The molecule has 43 heavy (non-hydrogen) atoms. The number of carbonyl (C=O) groups is 4. The first-order chi connectivity index (χ1) is 20.7. The van der Waals surface area contributed by atoms with Crippen LogP contribution in [-0.2, 0) is 20.8 Å². The Morgan fingerprint density at radius 3 is 2.51 bits per heavy atom. The van der Waals surface area contributed by atoms with Crippen LogP contribution in [0.15, 0.2) is 48.0 Å². The van der Waals surface area contributed by atoms with Gasteiger partial charge in [0.1, 0.15) is 30.0 Å². The zero-order valence-electron chi connectivity index (χ0n) is 24.6. The summed E-state index contributed by atoms with van der Waals surface area (Å²) in [5, 5.41) is 23.8. The van der Waals surface area contributed by atoms with Crippen molar-refractivity contribution < 1.29 is 43.6 Å². The molecule has 0 saturated heterocycles. The zero-order valence-corrected chi connectivity index (χ0v) is 24.6. The lowest BCUT2D eigenvalue weighted by Crippen LogP contribution is -2.56. The van der Waals surface area contributed by atoms with Crippen LogP contribution in [0.25, 0.3) is 0 Å². The maximum Gasteiger partial charge on any atom is 0.247 e. The van der Waals surface area contributed by atoms with Crippen LogP contribution < -0.4 is 19.5 Å². The van der Waals surface area contributed by atoms with E-state index in [9.17, 15) is 29.4 Å². The number of ether oxygens (including phenoxy) is 3. The first-order valence-electron chi connectivity index (χ1n) is 14.3. The number of rotatable bonds is 14. The Morgan fingerprint density at radius 2 is 1.84 bits per heavy atom. The number of fused-ring (bicyclic) bond motifs is 3. The van der Waals surface area contributed by atoms with Gasteiger partial charge in [0.15, 0.2) is 11.5 Å². The van der Waals surface area contributed by atoms with Crippen molar-refractivity contribution in [3.63, 3.8) is 0 Å². The first kappa shape index (κ1) is 31.7. The number of Topliss-reactive ketones (excluding diaryl/α,β-unsaturated/α-hetero) is 1. The highest BCUT2D eigenvalue weighted by Gasteiger charge is 2.51. The molecule has 11 nitrogen and oxygen atoms in total. The average Bonchev–Trinajstić information content (AvgIpc) is 3.40. The van der Waals surface area contributed by atoms with Crippen molar-refractivity contribution in [3.8, 4) is 17.2 Å². The van der Waals surface area contributed by atoms with Crippen LogP contribution in [-0.4, -0.2) is 91.2 Å². The smallest absolute Gasteiger partial charge is 0.247 e. The van der Waals surface area contributed by atoms with Crippen molar-refractivity contribution in [1.29, 1.82) is 0 Å². The third-order valence-corrected chi connectivity index (χ3v) is 7.83. The highest BCUT2D eigenvalue weighted by Crippen LogP contribution is 2.51. The minimum absolute atomic E-state index is 0.00626. The van der Waals surface area contributed by atoms with Crippen molar-refractivity contribution in [2.75, 3.05) is 33.9 Å². The summed E-state index contributed by atoms with van der Waals surface area (Å²) in [5.74, 6) is -0.348. The Balaban J connectivity index is 1.76. The third kappa shape index (κ3) is 6.89. The van der Waals surface area contributed by atoms with E-state index >= 15 is 0 Å². The first-order valence-corrected chi connectivity index (χ1v) is 14.3. The maximum absolute atomic E-state index is 13.7. The van der Waals surface area contributed by atoms with Gasteiger partial charge < -0.3 is 39.4 Å². The van der Waals surface area contributed by atoms with Crippen molar-refractivity contribution in [3.05, 3.63) is 64.7 Å². The molecular formula is C32H38N2O9. The number of methoxy groups -OCH3 is 2. The van der Waals surface area contributed by atoms with Crippen molar-refractivity contribution in [2.45, 2.75) is 56.8 Å². The summed E-state index contributed by atoms with van der Waals surface area (Å²) < 4.78 is 17.2. The molecule has 0 radical (unpaired) electrons. The topological polar surface area (TPSA) is 152 Å². The number of ketones is 1. The van der Waals surface area contributed by atoms with Gasteiger partial charge in [-0.15, -0.1) is 0 Å². The van der Waals surface area contributed by atoms with Gasteiger partial charge in [-0.25, -0.2) is 0 Å². The Kier molecular flexibility index (Phi) is 10.5.